The molecule has 0 amide bonds. The molecule has 1 aromatic rings. The summed E-state index contributed by atoms with van der Waals surface area (Å²) in [5.74, 6) is 0. The van der Waals surface area contributed by atoms with E-state index >= 15 is 0 Å². The zero-order chi connectivity index (χ0) is 15.8. The van der Waals surface area contributed by atoms with Gasteiger partial charge in [0.05, 0.1) is 12.6 Å². The van der Waals surface area contributed by atoms with Crippen molar-refractivity contribution in [1.29, 1.82) is 0 Å². The Morgan fingerprint density at radius 3 is 2.29 bits per heavy atom. The predicted molar refractivity (Wildman–Crippen MR) is 90.5 cm³/mol. The quantitative estimate of drug-likeness (QED) is 0.757. The van der Waals surface area contributed by atoms with Crippen LogP contribution < -0.4 is 5.73 Å². The van der Waals surface area contributed by atoms with Crippen LogP contribution in [0, 0.1) is 6.92 Å². The molecule has 1 rings (SSSR count). The van der Waals surface area contributed by atoms with Crippen molar-refractivity contribution in [1.82, 2.24) is 4.90 Å². The van der Waals surface area contributed by atoms with E-state index in [1.165, 1.54) is 11.1 Å². The maximum absolute atomic E-state index is 6.37. The van der Waals surface area contributed by atoms with Crippen molar-refractivity contribution in [2.75, 3.05) is 20.3 Å². The van der Waals surface area contributed by atoms with E-state index in [-0.39, 0.29) is 12.1 Å². The summed E-state index contributed by atoms with van der Waals surface area (Å²) in [6.07, 6.45) is 2.27. The topological polar surface area (TPSA) is 38.5 Å². The van der Waals surface area contributed by atoms with E-state index < -0.39 is 0 Å². The van der Waals surface area contributed by atoms with Gasteiger partial charge >= 0.3 is 0 Å². The molecule has 2 N–H and O–H groups in total. The molecule has 0 aromatic heterocycles. The summed E-state index contributed by atoms with van der Waals surface area (Å²) in [5.41, 5.74) is 9.03. The summed E-state index contributed by atoms with van der Waals surface area (Å²) >= 11 is 0. The summed E-state index contributed by atoms with van der Waals surface area (Å²) in [7, 11) is 1.76. The molecule has 2 unspecified atom stereocenters. The molecule has 0 aliphatic heterocycles. The van der Waals surface area contributed by atoms with E-state index in [0.29, 0.717) is 6.04 Å². The Labute approximate surface area is 130 Å². The van der Waals surface area contributed by atoms with E-state index in [1.807, 2.05) is 0 Å². The molecule has 0 aliphatic rings. The third kappa shape index (κ3) is 4.80. The fourth-order valence-corrected chi connectivity index (χ4v) is 3.19. The van der Waals surface area contributed by atoms with Crippen LogP contribution in [0.1, 0.15) is 50.8 Å². The molecule has 0 bridgehead atoms. The number of benzene rings is 1. The number of hydrogen-bond donors (Lipinski definition) is 1. The Balaban J connectivity index is 3.16. The first kappa shape index (κ1) is 18.1. The fraction of sp³-hybridized carbons (Fsp3) is 0.667. The van der Waals surface area contributed by atoms with E-state index in [0.717, 1.165) is 26.0 Å². The van der Waals surface area contributed by atoms with E-state index in [2.05, 4.69) is 56.9 Å². The number of nitrogens with two attached hydrogens (primary N) is 1. The van der Waals surface area contributed by atoms with Crippen LogP contribution in [0.15, 0.2) is 24.3 Å². The highest BCUT2D eigenvalue weighted by Gasteiger charge is 2.29. The molecule has 21 heavy (non-hydrogen) atoms. The fourth-order valence-electron chi connectivity index (χ4n) is 3.19. The lowest BCUT2D eigenvalue weighted by Gasteiger charge is -2.40. The van der Waals surface area contributed by atoms with Gasteiger partial charge in [-0.05, 0) is 37.8 Å². The van der Waals surface area contributed by atoms with Gasteiger partial charge in [-0.1, -0.05) is 38.1 Å². The summed E-state index contributed by atoms with van der Waals surface area (Å²) in [4.78, 5) is 2.54. The van der Waals surface area contributed by atoms with Crippen molar-refractivity contribution >= 4 is 0 Å². The maximum atomic E-state index is 6.37. The van der Waals surface area contributed by atoms with Crippen molar-refractivity contribution in [3.63, 3.8) is 0 Å². The van der Waals surface area contributed by atoms with Crippen molar-refractivity contribution in [2.24, 2.45) is 5.73 Å². The zero-order valence-electron chi connectivity index (χ0n) is 14.3. The highest BCUT2D eigenvalue weighted by Crippen LogP contribution is 2.29. The van der Waals surface area contributed by atoms with Crippen molar-refractivity contribution in [3.05, 3.63) is 35.4 Å². The smallest absolute Gasteiger partial charge is 0.0590 e. The lowest BCUT2D eigenvalue weighted by molar-refractivity contribution is 0.0700. The first-order valence-electron chi connectivity index (χ1n) is 8.12. The number of hydrogen-bond acceptors (Lipinski definition) is 3. The molecular formula is C18H32N2O. The van der Waals surface area contributed by atoms with Crippen LogP contribution in [0.2, 0.25) is 0 Å². The lowest BCUT2D eigenvalue weighted by Crippen LogP contribution is -2.46. The van der Waals surface area contributed by atoms with Gasteiger partial charge in [0, 0.05) is 25.7 Å². The van der Waals surface area contributed by atoms with E-state index in [9.17, 15) is 0 Å². The molecule has 3 heteroatoms. The molecule has 0 aliphatic carbocycles. The second-order valence-corrected chi connectivity index (χ2v) is 5.86. The number of ether oxygens (including phenoxy) is 1. The minimum atomic E-state index is 0.0866. The Kier molecular flexibility index (Phi) is 7.94. The number of methoxy groups -OCH3 is 1. The molecule has 120 valence electrons. The average Bonchev–Trinajstić information content (AvgIpc) is 2.47. The number of nitrogens with zero attached hydrogens (tertiary/aromatic N) is 1. The Bertz CT molecular complexity index is 402. The van der Waals surface area contributed by atoms with Gasteiger partial charge in [0.2, 0.25) is 0 Å². The molecule has 0 saturated heterocycles. The first-order chi connectivity index (χ1) is 10.1. The van der Waals surface area contributed by atoms with Crippen molar-refractivity contribution in [2.45, 2.75) is 58.7 Å². The van der Waals surface area contributed by atoms with Gasteiger partial charge in [0.25, 0.3) is 0 Å². The third-order valence-corrected chi connectivity index (χ3v) is 4.33. The molecule has 0 fully saturated rings. The van der Waals surface area contributed by atoms with Crippen LogP contribution in [-0.4, -0.2) is 37.2 Å². The maximum Gasteiger partial charge on any atom is 0.0590 e. The standard InChI is InChI=1S/C18H32N2O/c1-6-16(7-2)20(12-13-21-5)18(15(4)19)17-11-9-8-10-14(17)3/h8-11,15-16,18H,6-7,12-13,19H2,1-5H3. The van der Waals surface area contributed by atoms with E-state index in [4.69, 9.17) is 10.5 Å². The monoisotopic (exact) mass is 292 g/mol. The molecule has 2 atom stereocenters. The zero-order valence-corrected chi connectivity index (χ0v) is 14.3. The molecule has 1 aromatic carbocycles. The highest BCUT2D eigenvalue weighted by molar-refractivity contribution is 5.30. The van der Waals surface area contributed by atoms with Crippen LogP contribution in [0.4, 0.5) is 0 Å². The minimum Gasteiger partial charge on any atom is -0.383 e. The highest BCUT2D eigenvalue weighted by atomic mass is 16.5. The van der Waals surface area contributed by atoms with Crippen molar-refractivity contribution < 1.29 is 4.74 Å². The summed E-state index contributed by atoms with van der Waals surface area (Å²) in [6.45, 7) is 10.5. The van der Waals surface area contributed by atoms with E-state index in [1.54, 1.807) is 7.11 Å². The van der Waals surface area contributed by atoms with Crippen LogP contribution >= 0.6 is 0 Å². The van der Waals surface area contributed by atoms with Crippen LogP contribution in [0.3, 0.4) is 0 Å². The number of rotatable bonds is 9. The van der Waals surface area contributed by atoms with Crippen LogP contribution in [0.5, 0.6) is 0 Å². The first-order valence-corrected chi connectivity index (χ1v) is 8.12. The van der Waals surface area contributed by atoms with Gasteiger partial charge in [-0.2, -0.15) is 0 Å². The molecule has 0 saturated carbocycles. The molecular weight excluding hydrogens is 260 g/mol. The summed E-state index contributed by atoms with van der Waals surface area (Å²) < 4.78 is 5.33. The predicted octanol–water partition coefficient (Wildman–Crippen LogP) is 3.52. The second-order valence-electron chi connectivity index (χ2n) is 5.86. The van der Waals surface area contributed by atoms with Crippen LogP contribution in [0.25, 0.3) is 0 Å². The molecule has 3 nitrogen and oxygen atoms in total. The summed E-state index contributed by atoms with van der Waals surface area (Å²) in [5, 5.41) is 0. The Hall–Kier alpha value is -0.900. The van der Waals surface area contributed by atoms with Crippen molar-refractivity contribution in [3.8, 4) is 0 Å². The van der Waals surface area contributed by atoms with Gasteiger partial charge in [0.15, 0.2) is 0 Å². The SMILES string of the molecule is CCC(CC)N(CCOC)C(c1ccccc1C)C(C)N. The minimum absolute atomic E-state index is 0.0866. The van der Waals surface area contributed by atoms with Crippen LogP contribution in [-0.2, 0) is 4.74 Å². The van der Waals surface area contributed by atoms with Gasteiger partial charge in [-0.15, -0.1) is 0 Å². The molecule has 0 spiro atoms. The van der Waals surface area contributed by atoms with Gasteiger partial charge in [0.1, 0.15) is 0 Å². The second kappa shape index (κ2) is 9.19. The Morgan fingerprint density at radius 2 is 1.81 bits per heavy atom. The lowest BCUT2D eigenvalue weighted by atomic mass is 9.93. The number of aryl methyl sites for hydroxylation is 1. The van der Waals surface area contributed by atoms with Gasteiger partial charge in [-0.3, -0.25) is 4.90 Å². The molecule has 0 radical (unpaired) electrons. The molecule has 0 heterocycles. The van der Waals surface area contributed by atoms with Gasteiger partial charge < -0.3 is 10.5 Å². The third-order valence-electron chi connectivity index (χ3n) is 4.33. The Morgan fingerprint density at radius 1 is 1.19 bits per heavy atom. The average molecular weight is 292 g/mol. The summed E-state index contributed by atoms with van der Waals surface area (Å²) in [6, 6.07) is 9.45. The largest absolute Gasteiger partial charge is 0.383 e. The van der Waals surface area contributed by atoms with Gasteiger partial charge in [-0.25, -0.2) is 0 Å². The normalized spacial score (nSPS) is 14.7.